The Kier molecular flexibility index (Phi) is 4.85. The smallest absolute Gasteiger partial charge is 0.306 e. The van der Waals surface area contributed by atoms with Crippen LogP contribution in [0.3, 0.4) is 0 Å². The van der Waals surface area contributed by atoms with Crippen LogP contribution in [0.25, 0.3) is 0 Å². The molecule has 124 valence electrons. The zero-order valence-electron chi connectivity index (χ0n) is 11.9. The highest BCUT2D eigenvalue weighted by Gasteiger charge is 2.36. The summed E-state index contributed by atoms with van der Waals surface area (Å²) in [5.74, 6) is 0.593. The minimum absolute atomic E-state index is 0.0323. The number of rotatable bonds is 4. The van der Waals surface area contributed by atoms with Crippen LogP contribution >= 0.6 is 23.4 Å². The van der Waals surface area contributed by atoms with E-state index in [1.807, 2.05) is 6.92 Å². The zero-order chi connectivity index (χ0) is 17.4. The van der Waals surface area contributed by atoms with E-state index in [4.69, 9.17) is 11.6 Å². The number of hydrogen-bond donors (Lipinski definition) is 0. The minimum Gasteiger partial charge on any atom is -0.306 e. The second-order valence-electron chi connectivity index (χ2n) is 4.43. The van der Waals surface area contributed by atoms with Crippen LogP contribution < -0.4 is 0 Å². The molecule has 0 atom stereocenters. The van der Waals surface area contributed by atoms with Crippen LogP contribution in [0.1, 0.15) is 18.3 Å². The average molecular weight is 367 g/mol. The van der Waals surface area contributed by atoms with Gasteiger partial charge in [0.05, 0.1) is 20.4 Å². The van der Waals surface area contributed by atoms with Gasteiger partial charge in [0.1, 0.15) is 5.82 Å². The maximum absolute atomic E-state index is 12.8. The van der Waals surface area contributed by atoms with Crippen LogP contribution in [0.4, 0.5) is 18.9 Å². The number of aryl methyl sites for hydroxylation is 1. The van der Waals surface area contributed by atoms with E-state index in [9.17, 15) is 23.3 Å². The predicted octanol–water partition coefficient (Wildman–Crippen LogP) is 4.34. The molecule has 0 aliphatic heterocycles. The molecule has 0 unspecified atom stereocenters. The first-order valence-corrected chi connectivity index (χ1v) is 7.47. The molecule has 0 aliphatic carbocycles. The highest BCUT2D eigenvalue weighted by Crippen LogP contribution is 2.42. The van der Waals surface area contributed by atoms with Crippen LogP contribution in [0.2, 0.25) is 5.02 Å². The molecule has 2 aromatic rings. The third kappa shape index (κ3) is 3.58. The average Bonchev–Trinajstić information content (AvgIpc) is 2.77. The second kappa shape index (κ2) is 6.36. The van der Waals surface area contributed by atoms with Crippen molar-refractivity contribution in [2.75, 3.05) is 0 Å². The molecule has 23 heavy (non-hydrogen) atoms. The van der Waals surface area contributed by atoms with Gasteiger partial charge >= 0.3 is 6.18 Å². The lowest BCUT2D eigenvalue weighted by atomic mass is 10.2. The van der Waals surface area contributed by atoms with Crippen LogP contribution in [0.5, 0.6) is 0 Å². The lowest BCUT2D eigenvalue weighted by Crippen LogP contribution is -2.07. The fraction of sp³-hybridized carbons (Fsp3) is 0.333. The number of hydrogen-bond acceptors (Lipinski definition) is 5. The molecular formula is C12H10ClF3N4O2S. The van der Waals surface area contributed by atoms with Gasteiger partial charge in [-0.15, -0.1) is 10.2 Å². The Morgan fingerprint density at radius 3 is 2.57 bits per heavy atom. The molecule has 1 aromatic carbocycles. The first-order chi connectivity index (χ1) is 10.6. The van der Waals surface area contributed by atoms with Crippen LogP contribution in [0.15, 0.2) is 22.2 Å². The molecule has 0 spiro atoms. The summed E-state index contributed by atoms with van der Waals surface area (Å²) in [6, 6.07) is 1.36. The number of nitro benzene ring substituents is 1. The van der Waals surface area contributed by atoms with E-state index in [2.05, 4.69) is 10.2 Å². The molecule has 0 amide bonds. The molecule has 0 N–H and O–H groups in total. The van der Waals surface area contributed by atoms with Crippen molar-refractivity contribution in [3.63, 3.8) is 0 Å². The van der Waals surface area contributed by atoms with Crippen LogP contribution in [0, 0.1) is 17.0 Å². The molecular weight excluding hydrogens is 357 g/mol. The molecule has 2 rings (SSSR count). The van der Waals surface area contributed by atoms with Crippen molar-refractivity contribution in [1.29, 1.82) is 0 Å². The molecule has 0 fully saturated rings. The summed E-state index contributed by atoms with van der Waals surface area (Å²) >= 11 is 6.48. The van der Waals surface area contributed by atoms with Gasteiger partial charge in [-0.05, 0) is 31.7 Å². The van der Waals surface area contributed by atoms with Crippen molar-refractivity contribution in [2.24, 2.45) is 0 Å². The Balaban J connectivity index is 2.54. The van der Waals surface area contributed by atoms with Crippen molar-refractivity contribution in [2.45, 2.75) is 36.6 Å². The molecule has 11 heteroatoms. The summed E-state index contributed by atoms with van der Waals surface area (Å²) in [4.78, 5) is 10.2. The number of alkyl halides is 3. The largest absolute Gasteiger partial charge is 0.418 e. The Labute approximate surface area is 137 Å². The Hall–Kier alpha value is -1.81. The molecule has 1 heterocycles. The lowest BCUT2D eigenvalue weighted by molar-refractivity contribution is -0.388. The van der Waals surface area contributed by atoms with Crippen molar-refractivity contribution in [1.82, 2.24) is 14.8 Å². The summed E-state index contributed by atoms with van der Waals surface area (Å²) in [7, 11) is 0. The predicted molar refractivity (Wildman–Crippen MR) is 77.7 cm³/mol. The number of nitro groups is 1. The van der Waals surface area contributed by atoms with Gasteiger partial charge in [-0.25, -0.2) is 0 Å². The van der Waals surface area contributed by atoms with Gasteiger partial charge in [0.25, 0.3) is 5.69 Å². The van der Waals surface area contributed by atoms with E-state index in [-0.39, 0.29) is 4.90 Å². The van der Waals surface area contributed by atoms with Gasteiger partial charge in [-0.1, -0.05) is 11.6 Å². The highest BCUT2D eigenvalue weighted by atomic mass is 35.5. The van der Waals surface area contributed by atoms with Gasteiger partial charge in [0.15, 0.2) is 5.16 Å². The quantitative estimate of drug-likeness (QED) is 0.594. The number of halogens is 4. The first-order valence-electron chi connectivity index (χ1n) is 6.28. The maximum atomic E-state index is 12.8. The molecule has 6 nitrogen and oxygen atoms in total. The van der Waals surface area contributed by atoms with E-state index < -0.39 is 27.4 Å². The van der Waals surface area contributed by atoms with E-state index in [0.717, 1.165) is 17.8 Å². The normalized spacial score (nSPS) is 11.7. The third-order valence-corrected chi connectivity index (χ3v) is 4.31. The van der Waals surface area contributed by atoms with Gasteiger partial charge < -0.3 is 4.57 Å². The lowest BCUT2D eigenvalue weighted by Gasteiger charge is -2.11. The van der Waals surface area contributed by atoms with Crippen LogP contribution in [-0.4, -0.2) is 19.7 Å². The highest BCUT2D eigenvalue weighted by molar-refractivity contribution is 7.99. The summed E-state index contributed by atoms with van der Waals surface area (Å²) in [6.45, 7) is 4.05. The topological polar surface area (TPSA) is 73.8 Å². The van der Waals surface area contributed by atoms with E-state index in [0.29, 0.717) is 23.6 Å². The van der Waals surface area contributed by atoms with E-state index in [1.165, 1.54) is 0 Å². The van der Waals surface area contributed by atoms with Gasteiger partial charge in [-0.3, -0.25) is 10.1 Å². The van der Waals surface area contributed by atoms with E-state index in [1.54, 1.807) is 11.5 Å². The van der Waals surface area contributed by atoms with Crippen molar-refractivity contribution >= 4 is 29.1 Å². The number of aromatic nitrogens is 3. The first kappa shape index (κ1) is 17.5. The Morgan fingerprint density at radius 1 is 1.39 bits per heavy atom. The minimum atomic E-state index is -4.77. The molecule has 0 saturated carbocycles. The molecule has 0 bridgehead atoms. The summed E-state index contributed by atoms with van der Waals surface area (Å²) < 4.78 is 40.2. The Morgan fingerprint density at radius 2 is 2.04 bits per heavy atom. The van der Waals surface area contributed by atoms with Gasteiger partial charge in [-0.2, -0.15) is 13.2 Å². The SMILES string of the molecule is CCn1c(C)nnc1Sc1cc(Cl)c(C(F)(F)F)cc1[N+](=O)[O-]. The van der Waals surface area contributed by atoms with Crippen molar-refractivity contribution in [3.8, 4) is 0 Å². The molecule has 1 aromatic heterocycles. The molecule has 0 radical (unpaired) electrons. The zero-order valence-corrected chi connectivity index (χ0v) is 13.5. The standard InChI is InChI=1S/C12H10ClF3N4O2S/c1-3-19-6(2)17-18-11(19)23-10-5-8(13)7(12(14,15)16)4-9(10)20(21)22/h4-5H,3H2,1-2H3. The molecule has 0 saturated heterocycles. The monoisotopic (exact) mass is 366 g/mol. The van der Waals surface area contributed by atoms with Gasteiger partial charge in [0, 0.05) is 12.6 Å². The summed E-state index contributed by atoms with van der Waals surface area (Å²) in [6.07, 6.45) is -4.77. The second-order valence-corrected chi connectivity index (χ2v) is 5.85. The Bertz CT molecular complexity index is 763. The molecule has 0 aliphatic rings. The number of nitrogens with zero attached hydrogens (tertiary/aromatic N) is 4. The summed E-state index contributed by atoms with van der Waals surface area (Å²) in [5.41, 5.74) is -1.93. The maximum Gasteiger partial charge on any atom is 0.418 e. The van der Waals surface area contributed by atoms with Gasteiger partial charge in [0.2, 0.25) is 0 Å². The van der Waals surface area contributed by atoms with Crippen molar-refractivity contribution in [3.05, 3.63) is 38.7 Å². The summed E-state index contributed by atoms with van der Waals surface area (Å²) in [5, 5.41) is 18.5. The van der Waals surface area contributed by atoms with Crippen molar-refractivity contribution < 1.29 is 18.1 Å². The fourth-order valence-corrected chi connectivity index (χ4v) is 3.28. The van der Waals surface area contributed by atoms with E-state index >= 15 is 0 Å². The fourth-order valence-electron chi connectivity index (χ4n) is 1.88. The van der Waals surface area contributed by atoms with Crippen LogP contribution in [-0.2, 0) is 12.7 Å². The third-order valence-electron chi connectivity index (χ3n) is 2.97. The number of benzene rings is 1.